The maximum atomic E-state index is 10.7. The number of terminal acetylenes is 1. The Morgan fingerprint density at radius 1 is 1.75 bits per heavy atom. The number of hydrogen-bond donors (Lipinski definition) is 1. The molecule has 1 aliphatic heterocycles. The molecular weight excluding hydrogens is 154 g/mol. The molecule has 0 bridgehead atoms. The Morgan fingerprint density at radius 3 is 3.08 bits per heavy atom. The average molecular weight is 167 g/mol. The zero-order valence-electron chi connectivity index (χ0n) is 7.17. The zero-order chi connectivity index (χ0) is 8.97. The van der Waals surface area contributed by atoms with Crippen LogP contribution in [0.25, 0.3) is 0 Å². The Bertz CT molecular complexity index is 207. The number of carbonyl (C=O) groups is 1. The zero-order valence-corrected chi connectivity index (χ0v) is 7.17. The first-order chi connectivity index (χ1) is 5.72. The van der Waals surface area contributed by atoms with Crippen molar-refractivity contribution in [3.8, 4) is 12.3 Å². The Labute approximate surface area is 72.5 Å². The van der Waals surface area contributed by atoms with Crippen LogP contribution in [0.5, 0.6) is 0 Å². The van der Waals surface area contributed by atoms with Crippen LogP contribution < -0.4 is 5.32 Å². The average Bonchev–Trinajstić information content (AvgIpc) is 2.03. The van der Waals surface area contributed by atoms with Crippen LogP contribution in [0, 0.1) is 12.3 Å². The second-order valence-corrected chi connectivity index (χ2v) is 2.95. The second-order valence-electron chi connectivity index (χ2n) is 2.95. The summed E-state index contributed by atoms with van der Waals surface area (Å²) < 4.78 is 5.25. The number of amides is 1. The van der Waals surface area contributed by atoms with E-state index in [2.05, 4.69) is 11.2 Å². The molecule has 1 rings (SSSR count). The predicted molar refractivity (Wildman–Crippen MR) is 45.4 cm³/mol. The molecule has 1 aliphatic rings. The molecule has 66 valence electrons. The van der Waals surface area contributed by atoms with Crippen LogP contribution in [0.1, 0.15) is 19.8 Å². The first-order valence-electron chi connectivity index (χ1n) is 4.07. The van der Waals surface area contributed by atoms with Crippen molar-refractivity contribution in [3.63, 3.8) is 0 Å². The van der Waals surface area contributed by atoms with Gasteiger partial charge < -0.3 is 10.1 Å². The van der Waals surface area contributed by atoms with Crippen molar-refractivity contribution in [2.45, 2.75) is 31.9 Å². The number of carbonyl (C=O) groups excluding carboxylic acids is 1. The van der Waals surface area contributed by atoms with E-state index in [1.165, 1.54) is 6.92 Å². The molecule has 3 nitrogen and oxygen atoms in total. The highest BCUT2D eigenvalue weighted by Gasteiger charge is 2.20. The van der Waals surface area contributed by atoms with Crippen LogP contribution in [-0.4, -0.2) is 24.7 Å². The minimum Gasteiger partial charge on any atom is -0.365 e. The maximum absolute atomic E-state index is 10.7. The van der Waals surface area contributed by atoms with Crippen LogP contribution >= 0.6 is 0 Å². The minimum absolute atomic E-state index is 0.00216. The summed E-state index contributed by atoms with van der Waals surface area (Å²) in [6, 6.07) is 0.192. The third-order valence-corrected chi connectivity index (χ3v) is 1.88. The van der Waals surface area contributed by atoms with Crippen LogP contribution in [0.3, 0.4) is 0 Å². The lowest BCUT2D eigenvalue weighted by molar-refractivity contribution is -0.120. The summed E-state index contributed by atoms with van der Waals surface area (Å²) in [6.45, 7) is 2.15. The molecule has 0 aromatic carbocycles. The van der Waals surface area contributed by atoms with Gasteiger partial charge in [0.05, 0.1) is 6.61 Å². The normalized spacial score (nSPS) is 29.0. The molecule has 0 saturated carbocycles. The fourth-order valence-electron chi connectivity index (χ4n) is 1.33. The predicted octanol–water partition coefficient (Wildman–Crippen LogP) is 0.303. The van der Waals surface area contributed by atoms with E-state index >= 15 is 0 Å². The Balaban J connectivity index is 2.36. The van der Waals surface area contributed by atoms with Gasteiger partial charge in [-0.05, 0) is 6.42 Å². The summed E-state index contributed by atoms with van der Waals surface area (Å²) in [4.78, 5) is 10.7. The first-order valence-corrected chi connectivity index (χ1v) is 4.07. The molecule has 3 heteroatoms. The molecule has 0 aromatic rings. The van der Waals surface area contributed by atoms with E-state index in [4.69, 9.17) is 11.2 Å². The molecule has 0 aromatic heterocycles. The first kappa shape index (κ1) is 9.08. The van der Waals surface area contributed by atoms with Crippen LogP contribution in [0.4, 0.5) is 0 Å². The fourth-order valence-corrected chi connectivity index (χ4v) is 1.33. The molecule has 2 atom stereocenters. The molecule has 0 unspecified atom stereocenters. The molecule has 12 heavy (non-hydrogen) atoms. The minimum atomic E-state index is -0.129. The van der Waals surface area contributed by atoms with Gasteiger partial charge >= 0.3 is 0 Å². The topological polar surface area (TPSA) is 38.3 Å². The van der Waals surface area contributed by atoms with E-state index in [9.17, 15) is 4.79 Å². The van der Waals surface area contributed by atoms with Gasteiger partial charge in [0, 0.05) is 19.4 Å². The highest BCUT2D eigenvalue weighted by molar-refractivity contribution is 5.73. The van der Waals surface area contributed by atoms with Crippen molar-refractivity contribution in [2.24, 2.45) is 0 Å². The van der Waals surface area contributed by atoms with Gasteiger partial charge in [0.25, 0.3) is 0 Å². The third kappa shape index (κ3) is 2.55. The fraction of sp³-hybridized carbons (Fsp3) is 0.667. The third-order valence-electron chi connectivity index (χ3n) is 1.88. The summed E-state index contributed by atoms with van der Waals surface area (Å²) in [5.41, 5.74) is 0. The van der Waals surface area contributed by atoms with Gasteiger partial charge in [-0.2, -0.15) is 0 Å². The van der Waals surface area contributed by atoms with Crippen LogP contribution in [0.15, 0.2) is 0 Å². The lowest BCUT2D eigenvalue weighted by Crippen LogP contribution is -2.40. The van der Waals surface area contributed by atoms with Gasteiger partial charge in [-0.3, -0.25) is 4.79 Å². The van der Waals surface area contributed by atoms with Crippen molar-refractivity contribution >= 4 is 5.91 Å². The molecule has 1 heterocycles. The SMILES string of the molecule is C#C[C@H]1C[C@H](NC(C)=O)CCO1. The molecule has 0 aliphatic carbocycles. The van der Waals surface area contributed by atoms with Gasteiger partial charge in [-0.15, -0.1) is 6.42 Å². The number of nitrogens with one attached hydrogen (secondary N) is 1. The van der Waals surface area contributed by atoms with Gasteiger partial charge in [0.1, 0.15) is 6.10 Å². The van der Waals surface area contributed by atoms with Crippen LogP contribution in [-0.2, 0) is 9.53 Å². The number of rotatable bonds is 1. The van der Waals surface area contributed by atoms with Gasteiger partial charge in [-0.1, -0.05) is 5.92 Å². The Kier molecular flexibility index (Phi) is 3.12. The summed E-state index contributed by atoms with van der Waals surface area (Å²) in [5, 5.41) is 2.83. The molecular formula is C9H13NO2. The molecule has 0 spiro atoms. The van der Waals surface area contributed by atoms with E-state index in [-0.39, 0.29) is 18.1 Å². The van der Waals surface area contributed by atoms with E-state index < -0.39 is 0 Å². The molecule has 0 radical (unpaired) electrons. The molecule has 1 saturated heterocycles. The van der Waals surface area contributed by atoms with E-state index in [0.29, 0.717) is 6.61 Å². The van der Waals surface area contributed by atoms with Gasteiger partial charge in [0.15, 0.2) is 0 Å². The van der Waals surface area contributed by atoms with E-state index in [0.717, 1.165) is 12.8 Å². The van der Waals surface area contributed by atoms with Crippen molar-refractivity contribution in [1.82, 2.24) is 5.32 Å². The highest BCUT2D eigenvalue weighted by Crippen LogP contribution is 2.12. The summed E-state index contributed by atoms with van der Waals surface area (Å²) >= 11 is 0. The van der Waals surface area contributed by atoms with Crippen LogP contribution in [0.2, 0.25) is 0 Å². The van der Waals surface area contributed by atoms with Crippen molar-refractivity contribution in [3.05, 3.63) is 0 Å². The lowest BCUT2D eigenvalue weighted by atomic mass is 10.0. The summed E-state index contributed by atoms with van der Waals surface area (Å²) in [7, 11) is 0. The largest absolute Gasteiger partial charge is 0.365 e. The highest BCUT2D eigenvalue weighted by atomic mass is 16.5. The molecule has 1 N–H and O–H groups in total. The maximum Gasteiger partial charge on any atom is 0.217 e. The summed E-state index contributed by atoms with van der Waals surface area (Å²) in [5.74, 6) is 2.53. The van der Waals surface area contributed by atoms with Crippen molar-refractivity contribution in [1.29, 1.82) is 0 Å². The van der Waals surface area contributed by atoms with Crippen molar-refractivity contribution in [2.75, 3.05) is 6.61 Å². The van der Waals surface area contributed by atoms with Gasteiger partial charge in [0.2, 0.25) is 5.91 Å². The van der Waals surface area contributed by atoms with E-state index in [1.54, 1.807) is 0 Å². The molecule has 1 amide bonds. The molecule has 1 fully saturated rings. The Hall–Kier alpha value is -1.01. The monoisotopic (exact) mass is 167 g/mol. The van der Waals surface area contributed by atoms with E-state index in [1.807, 2.05) is 0 Å². The quantitative estimate of drug-likeness (QED) is 0.570. The summed E-state index contributed by atoms with van der Waals surface area (Å²) in [6.07, 6.45) is 6.67. The number of ether oxygens (including phenoxy) is 1. The Morgan fingerprint density at radius 2 is 2.50 bits per heavy atom. The smallest absolute Gasteiger partial charge is 0.217 e. The standard InChI is InChI=1S/C9H13NO2/c1-3-9-6-8(4-5-12-9)10-7(2)11/h1,8-9H,4-6H2,2H3,(H,10,11)/t8-,9+/m1/s1. The second kappa shape index (κ2) is 4.13. The lowest BCUT2D eigenvalue weighted by Gasteiger charge is -2.26. The number of hydrogen-bond acceptors (Lipinski definition) is 2. The van der Waals surface area contributed by atoms with Gasteiger partial charge in [-0.25, -0.2) is 0 Å². The van der Waals surface area contributed by atoms with Crippen molar-refractivity contribution < 1.29 is 9.53 Å².